The van der Waals surface area contributed by atoms with Crippen LogP contribution in [0.15, 0.2) is 30.3 Å². The first kappa shape index (κ1) is 7.03. The highest BCUT2D eigenvalue weighted by molar-refractivity contribution is 9.25. The van der Waals surface area contributed by atoms with E-state index < -0.39 is 7.42 Å². The molecule has 0 aliphatic carbocycles. The van der Waals surface area contributed by atoms with Gasteiger partial charge >= 0.3 is 0 Å². The third-order valence-corrected chi connectivity index (χ3v) is 3.67. The molecule has 0 aliphatic heterocycles. The summed E-state index contributed by atoms with van der Waals surface area (Å²) in [5, 5.41) is 1.43. The predicted octanol–water partition coefficient (Wildman–Crippen LogP) is 1.91. The normalized spacial score (nSPS) is 10.1. The van der Waals surface area contributed by atoms with Gasteiger partial charge in [-0.25, -0.2) is 0 Å². The molecule has 0 saturated carbocycles. The Kier molecular flexibility index (Phi) is 2.48. The van der Waals surface area contributed by atoms with Crippen molar-refractivity contribution in [1.82, 2.24) is 0 Å². The first-order chi connectivity index (χ1) is 4.30. The van der Waals surface area contributed by atoms with Crippen LogP contribution in [0.4, 0.5) is 0 Å². The summed E-state index contributed by atoms with van der Waals surface area (Å²) in [6.45, 7) is 2.22. The molecular formula is C7H8BrSi. The molecule has 0 atom stereocenters. The van der Waals surface area contributed by atoms with E-state index in [9.17, 15) is 0 Å². The highest BCUT2D eigenvalue weighted by Gasteiger charge is 1.99. The molecule has 1 aromatic rings. The van der Waals surface area contributed by atoms with Crippen molar-refractivity contribution in [3.05, 3.63) is 30.3 Å². The monoisotopic (exact) mass is 199 g/mol. The third-order valence-electron chi connectivity index (χ3n) is 1.17. The fourth-order valence-electron chi connectivity index (χ4n) is 0.668. The van der Waals surface area contributed by atoms with Gasteiger partial charge in [0.1, 0.15) is 0 Å². The van der Waals surface area contributed by atoms with Crippen molar-refractivity contribution in [3.63, 3.8) is 0 Å². The van der Waals surface area contributed by atoms with E-state index in [0.717, 1.165) is 0 Å². The van der Waals surface area contributed by atoms with Gasteiger partial charge in [0.25, 0.3) is 0 Å². The lowest BCUT2D eigenvalue weighted by Gasteiger charge is -1.97. The van der Waals surface area contributed by atoms with Crippen LogP contribution in [0.1, 0.15) is 0 Å². The summed E-state index contributed by atoms with van der Waals surface area (Å²) in [5.74, 6) is 0. The third kappa shape index (κ3) is 1.95. The van der Waals surface area contributed by atoms with Gasteiger partial charge in [0, 0.05) is 0 Å². The second kappa shape index (κ2) is 3.18. The standard InChI is InChI=1S/C7H8BrSi/c1-9(8)7-5-3-2-4-6-7/h2-6H,1H3. The van der Waals surface area contributed by atoms with E-state index in [1.807, 2.05) is 6.07 Å². The van der Waals surface area contributed by atoms with Crippen LogP contribution in [0.2, 0.25) is 6.55 Å². The lowest BCUT2D eigenvalue weighted by molar-refractivity contribution is 1.76. The van der Waals surface area contributed by atoms with Crippen LogP contribution >= 0.6 is 15.3 Å². The molecule has 1 rings (SSSR count). The van der Waals surface area contributed by atoms with Gasteiger partial charge in [-0.15, -0.1) is 15.3 Å². The molecule has 0 amide bonds. The summed E-state index contributed by atoms with van der Waals surface area (Å²) < 4.78 is 0. The molecule has 0 saturated heterocycles. The van der Waals surface area contributed by atoms with Crippen LogP contribution in [0.3, 0.4) is 0 Å². The van der Waals surface area contributed by atoms with Crippen molar-refractivity contribution in [1.29, 1.82) is 0 Å². The van der Waals surface area contributed by atoms with Gasteiger partial charge in [0.15, 0.2) is 7.42 Å². The Balaban J connectivity index is 2.85. The van der Waals surface area contributed by atoms with E-state index in [-0.39, 0.29) is 0 Å². The van der Waals surface area contributed by atoms with Gasteiger partial charge in [-0.3, -0.25) is 0 Å². The highest BCUT2D eigenvalue weighted by atomic mass is 79.9. The zero-order valence-corrected chi connectivity index (χ0v) is 7.85. The highest BCUT2D eigenvalue weighted by Crippen LogP contribution is 1.93. The number of hydrogen-bond donors (Lipinski definition) is 0. The summed E-state index contributed by atoms with van der Waals surface area (Å²) in [7, 11) is -0.400. The van der Waals surface area contributed by atoms with Crippen LogP contribution in [-0.4, -0.2) is 7.42 Å². The average molecular weight is 200 g/mol. The molecule has 0 aliphatic rings. The molecule has 0 unspecified atom stereocenters. The minimum atomic E-state index is -0.400. The minimum absolute atomic E-state index is 0.400. The van der Waals surface area contributed by atoms with E-state index in [0.29, 0.717) is 0 Å². The SMILES string of the molecule is C[Si](Br)c1ccccc1. The van der Waals surface area contributed by atoms with E-state index in [2.05, 4.69) is 46.1 Å². The maximum absolute atomic E-state index is 3.58. The van der Waals surface area contributed by atoms with Crippen LogP contribution in [0, 0.1) is 0 Å². The lowest BCUT2D eigenvalue weighted by Crippen LogP contribution is -2.18. The Hall–Kier alpha value is -0.0831. The van der Waals surface area contributed by atoms with Gasteiger partial charge < -0.3 is 0 Å². The van der Waals surface area contributed by atoms with Crippen LogP contribution in [-0.2, 0) is 0 Å². The van der Waals surface area contributed by atoms with Gasteiger partial charge in [0.05, 0.1) is 0 Å². The molecule has 0 aromatic heterocycles. The van der Waals surface area contributed by atoms with Crippen molar-refractivity contribution >= 4 is 27.9 Å². The summed E-state index contributed by atoms with van der Waals surface area (Å²) in [6.07, 6.45) is 0. The smallest absolute Gasteiger partial charge is 0.122 e. The summed E-state index contributed by atoms with van der Waals surface area (Å²) in [6, 6.07) is 10.5. The maximum atomic E-state index is 3.58. The van der Waals surface area contributed by atoms with Crippen molar-refractivity contribution in [2.45, 2.75) is 6.55 Å². The average Bonchev–Trinajstić information content (AvgIpc) is 1.90. The van der Waals surface area contributed by atoms with Crippen LogP contribution < -0.4 is 5.19 Å². The molecule has 2 heteroatoms. The van der Waals surface area contributed by atoms with Gasteiger partial charge in [-0.05, 0) is 5.19 Å². The predicted molar refractivity (Wildman–Crippen MR) is 46.6 cm³/mol. The Morgan fingerprint density at radius 2 is 1.78 bits per heavy atom. The Bertz CT molecular complexity index is 172. The minimum Gasteiger partial charge on any atom is -0.122 e. The Labute approximate surface area is 65.1 Å². The van der Waals surface area contributed by atoms with E-state index in [1.54, 1.807) is 0 Å². The van der Waals surface area contributed by atoms with Crippen molar-refractivity contribution in [2.24, 2.45) is 0 Å². The molecule has 0 heterocycles. The number of rotatable bonds is 1. The Morgan fingerprint density at radius 3 is 2.11 bits per heavy atom. The van der Waals surface area contributed by atoms with Crippen molar-refractivity contribution in [2.75, 3.05) is 0 Å². The van der Waals surface area contributed by atoms with E-state index in [1.165, 1.54) is 5.19 Å². The Morgan fingerprint density at radius 1 is 1.22 bits per heavy atom. The van der Waals surface area contributed by atoms with Gasteiger partial charge in [-0.1, -0.05) is 36.9 Å². The summed E-state index contributed by atoms with van der Waals surface area (Å²) in [5.41, 5.74) is 0. The lowest BCUT2D eigenvalue weighted by atomic mass is 10.4. The quantitative estimate of drug-likeness (QED) is 0.479. The molecule has 9 heavy (non-hydrogen) atoms. The van der Waals surface area contributed by atoms with Crippen LogP contribution in [0.5, 0.6) is 0 Å². The fourth-order valence-corrected chi connectivity index (χ4v) is 2.11. The molecule has 47 valence electrons. The molecule has 1 aromatic carbocycles. The maximum Gasteiger partial charge on any atom is 0.166 e. The number of benzene rings is 1. The molecule has 0 fully saturated rings. The molecule has 0 bridgehead atoms. The first-order valence-corrected chi connectivity index (χ1v) is 7.11. The first-order valence-electron chi connectivity index (χ1n) is 2.85. The van der Waals surface area contributed by atoms with Gasteiger partial charge in [-0.2, -0.15) is 0 Å². The fraction of sp³-hybridized carbons (Fsp3) is 0.143. The largest absolute Gasteiger partial charge is 0.166 e. The summed E-state index contributed by atoms with van der Waals surface area (Å²) in [4.78, 5) is 0. The summed E-state index contributed by atoms with van der Waals surface area (Å²) >= 11 is 3.58. The second-order valence-corrected chi connectivity index (χ2v) is 7.11. The zero-order chi connectivity index (χ0) is 6.69. The van der Waals surface area contributed by atoms with Crippen molar-refractivity contribution < 1.29 is 0 Å². The van der Waals surface area contributed by atoms with Crippen LogP contribution in [0.25, 0.3) is 0 Å². The molecule has 0 spiro atoms. The van der Waals surface area contributed by atoms with E-state index in [4.69, 9.17) is 0 Å². The molecular weight excluding hydrogens is 192 g/mol. The van der Waals surface area contributed by atoms with E-state index >= 15 is 0 Å². The molecule has 1 radical (unpaired) electrons. The zero-order valence-electron chi connectivity index (χ0n) is 5.26. The van der Waals surface area contributed by atoms with Gasteiger partial charge in [0.2, 0.25) is 0 Å². The molecule has 0 N–H and O–H groups in total. The topological polar surface area (TPSA) is 0 Å². The van der Waals surface area contributed by atoms with Crippen molar-refractivity contribution in [3.8, 4) is 0 Å². The number of hydrogen-bond acceptors (Lipinski definition) is 0. The second-order valence-electron chi connectivity index (χ2n) is 1.90. The number of halogens is 1. The molecule has 0 nitrogen and oxygen atoms in total.